The molecular weight excluding hydrogens is 785 g/mol. The first kappa shape index (κ1) is 33.8. The topological polar surface area (TPSA) is 35.6 Å². The predicted molar refractivity (Wildman–Crippen MR) is 265 cm³/mol. The van der Waals surface area contributed by atoms with Crippen LogP contribution in [0.4, 0.5) is 0 Å². The molecule has 0 radical (unpaired) electrons. The summed E-state index contributed by atoms with van der Waals surface area (Å²) in [6.45, 7) is 0. The van der Waals surface area contributed by atoms with E-state index >= 15 is 0 Å². The highest BCUT2D eigenvalue weighted by molar-refractivity contribution is 7.26. The SMILES string of the molecule is C1=CC2c3ccc4sc5ccc6c7c5c4c3n(c3cccc(c73)n6-c3nc4c(ccc5ccccc54)nc3-c3ccc(-c4cccc5ccc(-c6ccccc6)cc45)cc3)C2C=C1. The third kappa shape index (κ3) is 4.54. The molecule has 292 valence electrons. The van der Waals surface area contributed by atoms with Gasteiger partial charge in [0.2, 0.25) is 0 Å². The van der Waals surface area contributed by atoms with Gasteiger partial charge in [-0.1, -0.05) is 152 Å². The van der Waals surface area contributed by atoms with Crippen molar-refractivity contribution < 1.29 is 0 Å². The van der Waals surface area contributed by atoms with E-state index < -0.39 is 0 Å². The minimum atomic E-state index is 0.205. The van der Waals surface area contributed by atoms with E-state index in [9.17, 15) is 0 Å². The third-order valence-electron chi connectivity index (χ3n) is 14.0. The molecule has 0 amide bonds. The van der Waals surface area contributed by atoms with Crippen LogP contribution < -0.4 is 0 Å². The molecule has 4 aromatic heterocycles. The Balaban J connectivity index is 1.01. The molecule has 5 heterocycles. The summed E-state index contributed by atoms with van der Waals surface area (Å²) in [5.41, 5.74) is 14.8. The summed E-state index contributed by atoms with van der Waals surface area (Å²) in [7, 11) is 0. The fraction of sp³-hybridized carbons (Fsp3) is 0.0345. The highest BCUT2D eigenvalue weighted by Gasteiger charge is 2.36. The first-order valence-electron chi connectivity index (χ1n) is 21.7. The number of hydrogen-bond acceptors (Lipinski definition) is 3. The molecule has 2 aliphatic rings. The lowest BCUT2D eigenvalue weighted by molar-refractivity contribution is 0.614. The minimum Gasteiger partial charge on any atom is -0.332 e. The van der Waals surface area contributed by atoms with Crippen molar-refractivity contribution in [1.29, 1.82) is 0 Å². The molecule has 2 unspecified atom stereocenters. The Hall–Kier alpha value is -7.86. The Morgan fingerprint density at radius 3 is 2.14 bits per heavy atom. The molecule has 15 rings (SSSR count). The Morgan fingerprint density at radius 2 is 1.21 bits per heavy atom. The number of fused-ring (bicyclic) bond motifs is 8. The third-order valence-corrected chi connectivity index (χ3v) is 15.1. The molecule has 0 saturated carbocycles. The van der Waals surface area contributed by atoms with Crippen molar-refractivity contribution in [2.24, 2.45) is 0 Å². The van der Waals surface area contributed by atoms with Gasteiger partial charge in [0.1, 0.15) is 5.69 Å². The molecule has 4 nitrogen and oxygen atoms in total. The second kappa shape index (κ2) is 12.4. The van der Waals surface area contributed by atoms with Crippen molar-refractivity contribution in [3.8, 4) is 39.3 Å². The van der Waals surface area contributed by atoms with Crippen molar-refractivity contribution in [2.75, 3.05) is 0 Å². The standard InChI is InChI=1S/C58H34N4S/c1-2-10-33(11-3-1)38-25-22-35-13-8-16-39(43(35)32-38)36-20-23-37(24-21-36)55-58(60-56-40-14-5-4-12-34(40)26-28-44(56)59-55)62-47-19-9-18-46-51(47)52-48(62)29-31-49-53(52)54-50(63-49)30-27-42-41-15-6-7-17-45(41)61(46)57(42)54/h1-32,41,45H. The van der Waals surface area contributed by atoms with Crippen LogP contribution in [0.1, 0.15) is 17.5 Å². The Kier molecular flexibility index (Phi) is 6.64. The summed E-state index contributed by atoms with van der Waals surface area (Å²) >= 11 is 1.91. The summed E-state index contributed by atoms with van der Waals surface area (Å²) in [5, 5.41) is 10.0. The van der Waals surface area contributed by atoms with Crippen LogP contribution in [0, 0.1) is 0 Å². The predicted octanol–water partition coefficient (Wildman–Crippen LogP) is 15.6. The molecule has 9 aromatic carbocycles. The van der Waals surface area contributed by atoms with Gasteiger partial charge in [-0.25, -0.2) is 9.97 Å². The lowest BCUT2D eigenvalue weighted by Crippen LogP contribution is -2.09. The van der Waals surface area contributed by atoms with Crippen molar-refractivity contribution in [3.63, 3.8) is 0 Å². The van der Waals surface area contributed by atoms with E-state index in [1.165, 1.54) is 75.0 Å². The highest BCUT2D eigenvalue weighted by Crippen LogP contribution is 2.54. The lowest BCUT2D eigenvalue weighted by Gasteiger charge is -2.20. The van der Waals surface area contributed by atoms with E-state index in [1.54, 1.807) is 0 Å². The number of thiophene rings is 1. The van der Waals surface area contributed by atoms with E-state index in [0.717, 1.165) is 55.5 Å². The number of hydrogen-bond donors (Lipinski definition) is 0. The Morgan fingerprint density at radius 1 is 0.476 bits per heavy atom. The number of nitrogens with zero attached hydrogens (tertiary/aromatic N) is 4. The fourth-order valence-electron chi connectivity index (χ4n) is 11.3. The van der Waals surface area contributed by atoms with E-state index in [0.29, 0.717) is 5.92 Å². The van der Waals surface area contributed by atoms with Gasteiger partial charge in [0.25, 0.3) is 0 Å². The molecule has 13 aromatic rings. The van der Waals surface area contributed by atoms with Gasteiger partial charge in [0, 0.05) is 47.8 Å². The van der Waals surface area contributed by atoms with Crippen LogP contribution in [0.5, 0.6) is 0 Å². The molecule has 2 atom stereocenters. The van der Waals surface area contributed by atoms with Crippen LogP contribution in [0.2, 0.25) is 0 Å². The number of rotatable bonds is 4. The first-order valence-corrected chi connectivity index (χ1v) is 22.6. The van der Waals surface area contributed by atoms with Crippen LogP contribution in [0.15, 0.2) is 194 Å². The largest absolute Gasteiger partial charge is 0.332 e. The van der Waals surface area contributed by atoms with Crippen LogP contribution in [0.3, 0.4) is 0 Å². The quantitative estimate of drug-likeness (QED) is 0.166. The van der Waals surface area contributed by atoms with E-state index in [4.69, 9.17) is 9.97 Å². The lowest BCUT2D eigenvalue weighted by atomic mass is 9.90. The summed E-state index contributed by atoms with van der Waals surface area (Å²) in [6.07, 6.45) is 9.23. The zero-order valence-electron chi connectivity index (χ0n) is 33.8. The van der Waals surface area contributed by atoms with Gasteiger partial charge in [-0.15, -0.1) is 11.3 Å². The van der Waals surface area contributed by atoms with Gasteiger partial charge < -0.3 is 4.57 Å². The second-order valence-corrected chi connectivity index (χ2v) is 18.3. The summed E-state index contributed by atoms with van der Waals surface area (Å²) in [6, 6.07) is 62.4. The molecule has 0 bridgehead atoms. The Bertz CT molecular complexity index is 4150. The van der Waals surface area contributed by atoms with Gasteiger partial charge in [-0.05, 0) is 86.4 Å². The average Bonchev–Trinajstić information content (AvgIpc) is 3.98. The maximum Gasteiger partial charge on any atom is 0.165 e. The molecule has 63 heavy (non-hydrogen) atoms. The summed E-state index contributed by atoms with van der Waals surface area (Å²) in [5.74, 6) is 1.14. The van der Waals surface area contributed by atoms with Gasteiger partial charge in [0.05, 0.1) is 39.1 Å². The van der Waals surface area contributed by atoms with Gasteiger partial charge in [-0.2, -0.15) is 0 Å². The van der Waals surface area contributed by atoms with Gasteiger partial charge in [-0.3, -0.25) is 4.57 Å². The van der Waals surface area contributed by atoms with Crippen LogP contribution in [-0.2, 0) is 0 Å². The molecule has 0 saturated heterocycles. The first-order chi connectivity index (χ1) is 31.2. The Labute approximate surface area is 365 Å². The molecule has 0 N–H and O–H groups in total. The van der Waals surface area contributed by atoms with E-state index in [2.05, 4.69) is 203 Å². The minimum absolute atomic E-state index is 0.205. The van der Waals surface area contributed by atoms with Gasteiger partial charge in [0.15, 0.2) is 5.82 Å². The van der Waals surface area contributed by atoms with Crippen LogP contribution >= 0.6 is 11.3 Å². The summed E-state index contributed by atoms with van der Waals surface area (Å²) < 4.78 is 7.72. The number of aromatic nitrogens is 4. The molecular formula is C58H34N4S. The van der Waals surface area contributed by atoms with Crippen molar-refractivity contribution in [2.45, 2.75) is 12.0 Å². The van der Waals surface area contributed by atoms with E-state index in [1.807, 2.05) is 11.3 Å². The smallest absolute Gasteiger partial charge is 0.165 e. The maximum absolute atomic E-state index is 5.74. The zero-order chi connectivity index (χ0) is 40.9. The molecule has 0 fully saturated rings. The molecule has 0 spiro atoms. The molecule has 1 aliphatic carbocycles. The average molecular weight is 819 g/mol. The fourth-order valence-corrected chi connectivity index (χ4v) is 12.4. The van der Waals surface area contributed by atoms with Crippen molar-refractivity contribution >= 4 is 96.9 Å². The van der Waals surface area contributed by atoms with Crippen LogP contribution in [0.25, 0.3) is 125 Å². The number of allylic oxidation sites excluding steroid dienone is 4. The zero-order valence-corrected chi connectivity index (χ0v) is 34.6. The molecule has 5 heteroatoms. The monoisotopic (exact) mass is 818 g/mol. The van der Waals surface area contributed by atoms with Gasteiger partial charge >= 0.3 is 0 Å². The second-order valence-electron chi connectivity index (χ2n) is 17.2. The normalized spacial score (nSPS) is 15.8. The highest BCUT2D eigenvalue weighted by atomic mass is 32.1. The molecule has 1 aliphatic heterocycles. The number of benzene rings is 9. The van der Waals surface area contributed by atoms with Crippen LogP contribution in [-0.4, -0.2) is 19.1 Å². The van der Waals surface area contributed by atoms with Crippen molar-refractivity contribution in [1.82, 2.24) is 19.1 Å². The van der Waals surface area contributed by atoms with Crippen molar-refractivity contribution in [3.05, 3.63) is 200 Å². The van der Waals surface area contributed by atoms with E-state index in [-0.39, 0.29) is 6.04 Å². The summed E-state index contributed by atoms with van der Waals surface area (Å²) in [4.78, 5) is 11.3. The maximum atomic E-state index is 5.74.